The molecule has 1 aliphatic heterocycles. The Hall–Kier alpha value is -1.96. The number of benzene rings is 1. The van der Waals surface area contributed by atoms with Gasteiger partial charge in [0.25, 0.3) is 0 Å². The number of nitrogens with one attached hydrogen (secondary N) is 1. The van der Waals surface area contributed by atoms with E-state index in [0.717, 1.165) is 19.5 Å². The summed E-state index contributed by atoms with van der Waals surface area (Å²) < 4.78 is 0. The van der Waals surface area contributed by atoms with Crippen LogP contribution in [0, 0.1) is 0 Å². The van der Waals surface area contributed by atoms with Crippen molar-refractivity contribution in [1.29, 1.82) is 0 Å². The lowest BCUT2D eigenvalue weighted by molar-refractivity contribution is 0.417. The lowest BCUT2D eigenvalue weighted by Crippen LogP contribution is -2.21. The molecule has 1 N–H and O–H groups in total. The van der Waals surface area contributed by atoms with Crippen molar-refractivity contribution in [2.24, 2.45) is 0 Å². The highest BCUT2D eigenvalue weighted by Gasteiger charge is 2.05. The predicted octanol–water partition coefficient (Wildman–Crippen LogP) is 3.10. The van der Waals surface area contributed by atoms with E-state index in [-0.39, 0.29) is 0 Å². The molecule has 0 radical (unpaired) electrons. The molecule has 3 rings (SSSR count). The Morgan fingerprint density at radius 2 is 2.12 bits per heavy atom. The van der Waals surface area contributed by atoms with Crippen LogP contribution in [0.1, 0.15) is 5.56 Å². The van der Waals surface area contributed by atoms with Gasteiger partial charge in [-0.05, 0) is 30.3 Å². The summed E-state index contributed by atoms with van der Waals surface area (Å²) in [5.74, 6) is 0. The van der Waals surface area contributed by atoms with E-state index in [1.54, 1.807) is 0 Å². The van der Waals surface area contributed by atoms with E-state index in [0.29, 0.717) is 0 Å². The third kappa shape index (κ3) is 2.11. The molecule has 0 aliphatic carbocycles. The topological polar surface area (TPSA) is 19.0 Å². The molecule has 1 aromatic heterocycles. The standard InChI is InChI=1S/C15H16N2/c1-4-9-17(10-5-1)11-8-13-12-16-15-7-3-2-6-14(13)15/h1-7,9,12,16H,8,10-11H2. The highest BCUT2D eigenvalue weighted by molar-refractivity contribution is 5.83. The summed E-state index contributed by atoms with van der Waals surface area (Å²) in [5.41, 5.74) is 2.64. The molecule has 0 spiro atoms. The summed E-state index contributed by atoms with van der Waals surface area (Å²) in [5, 5.41) is 1.35. The number of H-pyrrole nitrogens is 1. The Morgan fingerprint density at radius 3 is 3.00 bits per heavy atom. The number of rotatable bonds is 3. The molecule has 1 aliphatic rings. The van der Waals surface area contributed by atoms with Gasteiger partial charge in [-0.3, -0.25) is 0 Å². The molecule has 0 amide bonds. The van der Waals surface area contributed by atoms with Gasteiger partial charge in [-0.2, -0.15) is 0 Å². The minimum atomic E-state index is 1.03. The molecule has 0 saturated heterocycles. The van der Waals surface area contributed by atoms with Gasteiger partial charge < -0.3 is 9.88 Å². The number of para-hydroxylation sites is 1. The monoisotopic (exact) mass is 224 g/mol. The van der Waals surface area contributed by atoms with Crippen LogP contribution in [0.2, 0.25) is 0 Å². The quantitative estimate of drug-likeness (QED) is 0.848. The van der Waals surface area contributed by atoms with Crippen molar-refractivity contribution in [3.8, 4) is 0 Å². The molecule has 2 nitrogen and oxygen atoms in total. The molecular formula is C15H16N2. The van der Waals surface area contributed by atoms with E-state index in [2.05, 4.69) is 64.8 Å². The van der Waals surface area contributed by atoms with Crippen LogP contribution in [0.25, 0.3) is 10.9 Å². The Kier molecular flexibility index (Phi) is 2.70. The van der Waals surface area contributed by atoms with E-state index in [9.17, 15) is 0 Å². The van der Waals surface area contributed by atoms with Crippen LogP contribution < -0.4 is 0 Å². The van der Waals surface area contributed by atoms with E-state index in [4.69, 9.17) is 0 Å². The maximum atomic E-state index is 3.33. The molecule has 2 aromatic rings. The van der Waals surface area contributed by atoms with Gasteiger partial charge in [0.2, 0.25) is 0 Å². The average Bonchev–Trinajstić information content (AvgIpc) is 2.81. The van der Waals surface area contributed by atoms with Gasteiger partial charge in [-0.15, -0.1) is 0 Å². The molecule has 17 heavy (non-hydrogen) atoms. The second-order valence-corrected chi connectivity index (χ2v) is 4.37. The van der Waals surface area contributed by atoms with Gasteiger partial charge in [-0.25, -0.2) is 0 Å². The maximum Gasteiger partial charge on any atom is 0.0456 e. The average molecular weight is 224 g/mol. The number of nitrogens with zero attached hydrogens (tertiary/aromatic N) is 1. The maximum absolute atomic E-state index is 3.33. The number of fused-ring (bicyclic) bond motifs is 1. The predicted molar refractivity (Wildman–Crippen MR) is 71.9 cm³/mol. The number of aromatic amines is 1. The zero-order valence-electron chi connectivity index (χ0n) is 9.76. The Bertz CT molecular complexity index is 563. The van der Waals surface area contributed by atoms with Crippen LogP contribution in [0.5, 0.6) is 0 Å². The smallest absolute Gasteiger partial charge is 0.0456 e. The molecule has 2 heterocycles. The molecule has 0 bridgehead atoms. The molecule has 0 atom stereocenters. The van der Waals surface area contributed by atoms with E-state index >= 15 is 0 Å². The van der Waals surface area contributed by atoms with Crippen molar-refractivity contribution in [2.45, 2.75) is 6.42 Å². The summed E-state index contributed by atoms with van der Waals surface area (Å²) in [6.45, 7) is 2.10. The van der Waals surface area contributed by atoms with Crippen molar-refractivity contribution < 1.29 is 0 Å². The highest BCUT2D eigenvalue weighted by Crippen LogP contribution is 2.18. The van der Waals surface area contributed by atoms with Crippen molar-refractivity contribution >= 4 is 10.9 Å². The van der Waals surface area contributed by atoms with Gasteiger partial charge in [-0.1, -0.05) is 30.4 Å². The van der Waals surface area contributed by atoms with Gasteiger partial charge in [0.05, 0.1) is 0 Å². The minimum Gasteiger partial charge on any atom is -0.373 e. The number of allylic oxidation sites excluding steroid dienone is 2. The first-order valence-corrected chi connectivity index (χ1v) is 6.06. The van der Waals surface area contributed by atoms with Crippen molar-refractivity contribution in [3.63, 3.8) is 0 Å². The van der Waals surface area contributed by atoms with Crippen LogP contribution in [-0.2, 0) is 6.42 Å². The molecule has 2 heteroatoms. The summed E-state index contributed by atoms with van der Waals surface area (Å²) in [4.78, 5) is 5.66. The fourth-order valence-electron chi connectivity index (χ4n) is 2.28. The fraction of sp³-hybridized carbons (Fsp3) is 0.200. The van der Waals surface area contributed by atoms with E-state index < -0.39 is 0 Å². The zero-order valence-corrected chi connectivity index (χ0v) is 9.76. The molecule has 86 valence electrons. The summed E-state index contributed by atoms with van der Waals surface area (Å²) in [6, 6.07) is 8.49. The largest absolute Gasteiger partial charge is 0.373 e. The Morgan fingerprint density at radius 1 is 1.18 bits per heavy atom. The van der Waals surface area contributed by atoms with Gasteiger partial charge in [0.15, 0.2) is 0 Å². The van der Waals surface area contributed by atoms with Crippen LogP contribution in [0.4, 0.5) is 0 Å². The van der Waals surface area contributed by atoms with Crippen LogP contribution in [0.3, 0.4) is 0 Å². The number of hydrogen-bond donors (Lipinski definition) is 1. The third-order valence-electron chi connectivity index (χ3n) is 3.23. The SMILES string of the molecule is C1=CCN(CCc2c[nH]c3ccccc23)C=C1. The summed E-state index contributed by atoms with van der Waals surface area (Å²) >= 11 is 0. The summed E-state index contributed by atoms with van der Waals surface area (Å²) in [6.07, 6.45) is 11.8. The zero-order chi connectivity index (χ0) is 11.5. The number of aromatic nitrogens is 1. The minimum absolute atomic E-state index is 1.03. The normalized spacial score (nSPS) is 14.7. The fourth-order valence-corrected chi connectivity index (χ4v) is 2.28. The van der Waals surface area contributed by atoms with Crippen molar-refractivity contribution in [3.05, 3.63) is 60.5 Å². The van der Waals surface area contributed by atoms with Gasteiger partial charge in [0.1, 0.15) is 0 Å². The van der Waals surface area contributed by atoms with E-state index in [1.165, 1.54) is 16.5 Å². The van der Waals surface area contributed by atoms with Gasteiger partial charge in [0, 0.05) is 30.2 Å². The molecule has 0 fully saturated rings. The molecular weight excluding hydrogens is 208 g/mol. The second-order valence-electron chi connectivity index (χ2n) is 4.37. The van der Waals surface area contributed by atoms with Crippen molar-refractivity contribution in [2.75, 3.05) is 13.1 Å². The molecule has 0 unspecified atom stereocenters. The van der Waals surface area contributed by atoms with Crippen LogP contribution >= 0.6 is 0 Å². The highest BCUT2D eigenvalue weighted by atomic mass is 15.1. The van der Waals surface area contributed by atoms with Crippen molar-refractivity contribution in [1.82, 2.24) is 9.88 Å². The molecule has 0 saturated carbocycles. The Balaban J connectivity index is 1.72. The van der Waals surface area contributed by atoms with Crippen LogP contribution in [0.15, 0.2) is 54.9 Å². The molecule has 1 aromatic carbocycles. The van der Waals surface area contributed by atoms with Crippen LogP contribution in [-0.4, -0.2) is 23.0 Å². The first-order valence-electron chi connectivity index (χ1n) is 6.06. The first kappa shape index (κ1) is 10.2. The summed E-state index contributed by atoms with van der Waals surface area (Å²) in [7, 11) is 0. The van der Waals surface area contributed by atoms with E-state index in [1.807, 2.05) is 0 Å². The lowest BCUT2D eigenvalue weighted by atomic mass is 10.1. The first-order chi connectivity index (χ1) is 8.43. The lowest BCUT2D eigenvalue weighted by Gasteiger charge is -2.19. The van der Waals surface area contributed by atoms with Gasteiger partial charge >= 0.3 is 0 Å². The second kappa shape index (κ2) is 4.50. The number of hydrogen-bond acceptors (Lipinski definition) is 1. The third-order valence-corrected chi connectivity index (χ3v) is 3.23. The Labute approximate surface area is 101 Å².